The Morgan fingerprint density at radius 1 is 1.33 bits per heavy atom. The average molecular weight is 230 g/mol. The topological polar surface area (TPSA) is 53.7 Å². The van der Waals surface area contributed by atoms with Gasteiger partial charge >= 0.3 is 0 Å². The summed E-state index contributed by atoms with van der Waals surface area (Å²) in [5, 5.41) is 0.649. The van der Waals surface area contributed by atoms with Gasteiger partial charge in [0.1, 0.15) is 13.2 Å². The molecule has 82 valence electrons. The number of hydrogen-bond donors (Lipinski definition) is 1. The van der Waals surface area contributed by atoms with Crippen molar-refractivity contribution >= 4 is 11.6 Å². The second kappa shape index (κ2) is 4.70. The van der Waals surface area contributed by atoms with Crippen LogP contribution < -0.4 is 15.4 Å². The van der Waals surface area contributed by atoms with Crippen molar-refractivity contribution in [3.8, 4) is 11.5 Å². The molecular formula is C10H12ClNO3. The van der Waals surface area contributed by atoms with Crippen molar-refractivity contribution in [3.63, 3.8) is 0 Å². The van der Waals surface area contributed by atoms with Gasteiger partial charge in [0.15, 0.2) is 11.5 Å². The first-order valence-corrected chi connectivity index (χ1v) is 5.09. The van der Waals surface area contributed by atoms with E-state index < -0.39 is 0 Å². The van der Waals surface area contributed by atoms with Gasteiger partial charge < -0.3 is 14.3 Å². The van der Waals surface area contributed by atoms with E-state index in [0.717, 1.165) is 11.3 Å². The fraction of sp³-hybridized carbons (Fsp3) is 0.400. The predicted octanol–water partition coefficient (Wildman–Crippen LogP) is 1.54. The maximum Gasteiger partial charge on any atom is 0.166 e. The van der Waals surface area contributed by atoms with E-state index in [2.05, 4.69) is 4.84 Å². The highest BCUT2D eigenvalue weighted by atomic mass is 35.5. The van der Waals surface area contributed by atoms with Crippen LogP contribution in [0.5, 0.6) is 11.5 Å². The Labute approximate surface area is 92.8 Å². The largest absolute Gasteiger partial charge is 0.486 e. The normalized spacial score (nSPS) is 14.0. The SMILES string of the molecule is NOCCc1c(Cl)ccc2c1OCCO2. The molecule has 0 amide bonds. The predicted molar refractivity (Wildman–Crippen MR) is 56.3 cm³/mol. The van der Waals surface area contributed by atoms with Gasteiger partial charge in [-0.3, -0.25) is 0 Å². The molecule has 4 nitrogen and oxygen atoms in total. The van der Waals surface area contributed by atoms with Gasteiger partial charge in [-0.2, -0.15) is 0 Å². The molecule has 0 aromatic heterocycles. The van der Waals surface area contributed by atoms with E-state index >= 15 is 0 Å². The number of rotatable bonds is 3. The molecule has 0 fully saturated rings. The molecule has 0 bridgehead atoms. The summed E-state index contributed by atoms with van der Waals surface area (Å²) in [4.78, 5) is 4.54. The van der Waals surface area contributed by atoms with Crippen molar-refractivity contribution in [2.24, 2.45) is 5.90 Å². The molecule has 15 heavy (non-hydrogen) atoms. The van der Waals surface area contributed by atoms with E-state index in [1.807, 2.05) is 6.07 Å². The Kier molecular flexibility index (Phi) is 3.30. The lowest BCUT2D eigenvalue weighted by Gasteiger charge is -2.21. The van der Waals surface area contributed by atoms with Crippen LogP contribution >= 0.6 is 11.6 Å². The van der Waals surface area contributed by atoms with Crippen LogP contribution in [-0.2, 0) is 11.3 Å². The van der Waals surface area contributed by atoms with Crippen LogP contribution in [0.2, 0.25) is 5.02 Å². The third-order valence-corrected chi connectivity index (χ3v) is 2.58. The third kappa shape index (κ3) is 2.17. The summed E-state index contributed by atoms with van der Waals surface area (Å²) in [5.41, 5.74) is 0.888. The number of fused-ring (bicyclic) bond motifs is 1. The maximum absolute atomic E-state index is 6.07. The summed E-state index contributed by atoms with van der Waals surface area (Å²) in [5.74, 6) is 6.44. The second-order valence-electron chi connectivity index (χ2n) is 3.17. The molecule has 0 atom stereocenters. The molecule has 0 saturated carbocycles. The molecule has 1 aromatic carbocycles. The summed E-state index contributed by atoms with van der Waals surface area (Å²) in [7, 11) is 0. The molecular weight excluding hydrogens is 218 g/mol. The molecule has 0 unspecified atom stereocenters. The first kappa shape index (κ1) is 10.5. The molecule has 2 N–H and O–H groups in total. The lowest BCUT2D eigenvalue weighted by molar-refractivity contribution is 0.138. The van der Waals surface area contributed by atoms with Crippen LogP contribution in [0.1, 0.15) is 5.56 Å². The van der Waals surface area contributed by atoms with E-state index in [1.54, 1.807) is 6.07 Å². The first-order chi connectivity index (χ1) is 7.33. The van der Waals surface area contributed by atoms with Crippen molar-refractivity contribution in [1.29, 1.82) is 0 Å². The standard InChI is InChI=1S/C10H12ClNO3/c11-8-1-2-9-10(14-6-5-13-9)7(8)3-4-15-12/h1-2H,3-6,12H2. The van der Waals surface area contributed by atoms with E-state index in [-0.39, 0.29) is 0 Å². The highest BCUT2D eigenvalue weighted by Gasteiger charge is 2.18. The summed E-state index contributed by atoms with van der Waals surface area (Å²) < 4.78 is 11.0. The van der Waals surface area contributed by atoms with Gasteiger partial charge in [-0.05, 0) is 12.1 Å². The minimum Gasteiger partial charge on any atom is -0.486 e. The molecule has 2 rings (SSSR count). The van der Waals surface area contributed by atoms with Crippen LogP contribution in [0.4, 0.5) is 0 Å². The second-order valence-corrected chi connectivity index (χ2v) is 3.58. The van der Waals surface area contributed by atoms with E-state index in [1.165, 1.54) is 0 Å². The summed E-state index contributed by atoms with van der Waals surface area (Å²) in [6.07, 6.45) is 0.613. The molecule has 1 aliphatic heterocycles. The van der Waals surface area contributed by atoms with Crippen molar-refractivity contribution in [3.05, 3.63) is 22.7 Å². The summed E-state index contributed by atoms with van der Waals surface area (Å²) in [6, 6.07) is 3.60. The monoisotopic (exact) mass is 229 g/mol. The van der Waals surface area contributed by atoms with E-state index in [9.17, 15) is 0 Å². The van der Waals surface area contributed by atoms with Crippen LogP contribution in [0, 0.1) is 0 Å². The lowest BCUT2D eigenvalue weighted by Crippen LogP contribution is -2.17. The fourth-order valence-electron chi connectivity index (χ4n) is 1.54. The quantitative estimate of drug-likeness (QED) is 0.799. The van der Waals surface area contributed by atoms with Gasteiger partial charge in [0.25, 0.3) is 0 Å². The van der Waals surface area contributed by atoms with E-state index in [0.29, 0.717) is 37.0 Å². The van der Waals surface area contributed by atoms with Crippen molar-refractivity contribution < 1.29 is 14.3 Å². The van der Waals surface area contributed by atoms with Gasteiger partial charge in [0.05, 0.1) is 6.61 Å². The third-order valence-electron chi connectivity index (χ3n) is 2.22. The first-order valence-electron chi connectivity index (χ1n) is 4.71. The number of ether oxygens (including phenoxy) is 2. The Morgan fingerprint density at radius 3 is 2.93 bits per heavy atom. The summed E-state index contributed by atoms with van der Waals surface area (Å²) in [6.45, 7) is 1.52. The van der Waals surface area contributed by atoms with Crippen LogP contribution in [0.25, 0.3) is 0 Å². The van der Waals surface area contributed by atoms with Gasteiger partial charge in [-0.1, -0.05) is 11.6 Å². The van der Waals surface area contributed by atoms with Crippen LogP contribution in [0.15, 0.2) is 12.1 Å². The zero-order valence-corrected chi connectivity index (χ0v) is 8.92. The minimum atomic E-state index is 0.402. The van der Waals surface area contributed by atoms with Gasteiger partial charge in [-0.25, -0.2) is 5.90 Å². The van der Waals surface area contributed by atoms with Crippen LogP contribution in [0.3, 0.4) is 0 Å². The van der Waals surface area contributed by atoms with Gasteiger partial charge in [0.2, 0.25) is 0 Å². The zero-order chi connectivity index (χ0) is 10.7. The molecule has 0 radical (unpaired) electrons. The lowest BCUT2D eigenvalue weighted by atomic mass is 10.1. The van der Waals surface area contributed by atoms with Gasteiger partial charge in [-0.15, -0.1) is 0 Å². The highest BCUT2D eigenvalue weighted by molar-refractivity contribution is 6.31. The number of nitrogens with two attached hydrogens (primary N) is 1. The van der Waals surface area contributed by atoms with Crippen LogP contribution in [-0.4, -0.2) is 19.8 Å². The van der Waals surface area contributed by atoms with Crippen molar-refractivity contribution in [2.45, 2.75) is 6.42 Å². The molecule has 1 aromatic rings. The Balaban J connectivity index is 2.32. The minimum absolute atomic E-state index is 0.402. The molecule has 0 aliphatic carbocycles. The average Bonchev–Trinajstić information content (AvgIpc) is 2.28. The van der Waals surface area contributed by atoms with E-state index in [4.69, 9.17) is 27.0 Å². The van der Waals surface area contributed by atoms with Crippen molar-refractivity contribution in [2.75, 3.05) is 19.8 Å². The highest BCUT2D eigenvalue weighted by Crippen LogP contribution is 2.38. The number of benzene rings is 1. The zero-order valence-electron chi connectivity index (χ0n) is 8.16. The molecule has 0 saturated heterocycles. The smallest absolute Gasteiger partial charge is 0.166 e. The Morgan fingerprint density at radius 2 is 2.13 bits per heavy atom. The maximum atomic E-state index is 6.07. The molecule has 0 spiro atoms. The van der Waals surface area contributed by atoms with Gasteiger partial charge in [0, 0.05) is 17.0 Å². The fourth-order valence-corrected chi connectivity index (χ4v) is 1.79. The Hall–Kier alpha value is -0.970. The van der Waals surface area contributed by atoms with Crippen molar-refractivity contribution in [1.82, 2.24) is 0 Å². The number of hydrogen-bond acceptors (Lipinski definition) is 4. The summed E-state index contributed by atoms with van der Waals surface area (Å²) >= 11 is 6.07. The molecule has 1 heterocycles. The molecule has 1 aliphatic rings. The molecule has 5 heteroatoms. The Bertz CT molecular complexity index is 357. The number of halogens is 1.